The summed E-state index contributed by atoms with van der Waals surface area (Å²) in [4.78, 5) is 20.9. The molecule has 1 fully saturated rings. The zero-order valence-electron chi connectivity index (χ0n) is 12.6. The lowest BCUT2D eigenvalue weighted by molar-refractivity contribution is -0.121. The molecule has 0 atom stereocenters. The number of carbonyl (C=O) groups excluding carboxylic acids is 1. The van der Waals surface area contributed by atoms with Crippen LogP contribution in [-0.2, 0) is 24.1 Å². The number of thiazole rings is 1. The van der Waals surface area contributed by atoms with Crippen LogP contribution in [0.25, 0.3) is 0 Å². The van der Waals surface area contributed by atoms with Gasteiger partial charge in [-0.2, -0.15) is 0 Å². The number of carbonyl (C=O) groups is 1. The van der Waals surface area contributed by atoms with Gasteiger partial charge in [0.15, 0.2) is 0 Å². The highest BCUT2D eigenvalue weighted by Crippen LogP contribution is 2.18. The van der Waals surface area contributed by atoms with Crippen LogP contribution in [-0.4, -0.2) is 21.9 Å². The summed E-state index contributed by atoms with van der Waals surface area (Å²) in [5.74, 6) is 0.105. The van der Waals surface area contributed by atoms with Crippen molar-refractivity contribution < 1.29 is 4.79 Å². The summed E-state index contributed by atoms with van der Waals surface area (Å²) in [5.41, 5.74) is 1.97. The number of aryl methyl sites for hydroxylation is 2. The van der Waals surface area contributed by atoms with Gasteiger partial charge in [-0.3, -0.25) is 9.78 Å². The molecule has 0 radical (unpaired) electrons. The predicted molar refractivity (Wildman–Crippen MR) is 87.9 cm³/mol. The molecule has 0 bridgehead atoms. The average molecular weight is 315 g/mol. The van der Waals surface area contributed by atoms with Gasteiger partial charge in [0.25, 0.3) is 0 Å². The first-order valence-electron chi connectivity index (χ1n) is 7.92. The van der Waals surface area contributed by atoms with Crippen LogP contribution in [0.1, 0.15) is 42.1 Å². The molecule has 2 aromatic rings. The molecule has 2 heterocycles. The summed E-state index contributed by atoms with van der Waals surface area (Å²) in [6.07, 6.45) is 8.70. The van der Waals surface area contributed by atoms with Crippen molar-refractivity contribution in [2.45, 2.75) is 51.0 Å². The van der Waals surface area contributed by atoms with Crippen LogP contribution in [0.2, 0.25) is 0 Å². The fourth-order valence-electron chi connectivity index (χ4n) is 2.84. The largest absolute Gasteiger partial charge is 0.353 e. The van der Waals surface area contributed by atoms with Crippen LogP contribution in [0.5, 0.6) is 0 Å². The molecule has 0 aromatic carbocycles. The average Bonchev–Trinajstić information content (AvgIpc) is 3.18. The van der Waals surface area contributed by atoms with Crippen molar-refractivity contribution in [3.05, 3.63) is 46.2 Å². The lowest BCUT2D eigenvalue weighted by Gasteiger charge is -2.10. The molecule has 22 heavy (non-hydrogen) atoms. The lowest BCUT2D eigenvalue weighted by atomic mass is 10.2. The summed E-state index contributed by atoms with van der Waals surface area (Å²) in [6.45, 7) is 0. The van der Waals surface area contributed by atoms with Crippen molar-refractivity contribution in [1.82, 2.24) is 15.3 Å². The van der Waals surface area contributed by atoms with Crippen LogP contribution in [0.3, 0.4) is 0 Å². The van der Waals surface area contributed by atoms with Gasteiger partial charge in [-0.25, -0.2) is 4.98 Å². The molecule has 2 aromatic heterocycles. The van der Waals surface area contributed by atoms with Gasteiger partial charge >= 0.3 is 0 Å². The standard InChI is InChI=1S/C17H21N3OS/c21-16(19-14-6-1-2-7-14)11-15-12-22-17(20-15)9-8-13-5-3-4-10-18-13/h3-5,10,12,14H,1-2,6-9,11H2,(H,19,21). The number of amides is 1. The van der Waals surface area contributed by atoms with E-state index >= 15 is 0 Å². The zero-order chi connectivity index (χ0) is 15.2. The number of nitrogens with zero attached hydrogens (tertiary/aromatic N) is 2. The van der Waals surface area contributed by atoms with Gasteiger partial charge in [-0.15, -0.1) is 11.3 Å². The minimum Gasteiger partial charge on any atom is -0.353 e. The van der Waals surface area contributed by atoms with Crippen molar-refractivity contribution in [1.29, 1.82) is 0 Å². The van der Waals surface area contributed by atoms with Gasteiger partial charge in [0, 0.05) is 29.7 Å². The van der Waals surface area contributed by atoms with Crippen molar-refractivity contribution in [2.75, 3.05) is 0 Å². The Kier molecular flexibility index (Phi) is 5.16. The maximum Gasteiger partial charge on any atom is 0.226 e. The molecule has 0 saturated heterocycles. The van der Waals surface area contributed by atoms with E-state index in [4.69, 9.17) is 0 Å². The predicted octanol–water partition coefficient (Wildman–Crippen LogP) is 2.92. The highest BCUT2D eigenvalue weighted by molar-refractivity contribution is 7.09. The molecular formula is C17H21N3OS. The number of rotatable bonds is 6. The first-order chi connectivity index (χ1) is 10.8. The molecule has 0 unspecified atom stereocenters. The summed E-state index contributed by atoms with van der Waals surface area (Å²) < 4.78 is 0. The van der Waals surface area contributed by atoms with Crippen molar-refractivity contribution in [3.63, 3.8) is 0 Å². The van der Waals surface area contributed by atoms with Gasteiger partial charge in [-0.1, -0.05) is 18.9 Å². The van der Waals surface area contributed by atoms with Crippen LogP contribution in [0, 0.1) is 0 Å². The molecule has 116 valence electrons. The molecule has 1 saturated carbocycles. The zero-order valence-corrected chi connectivity index (χ0v) is 13.4. The fourth-order valence-corrected chi connectivity index (χ4v) is 3.64. The molecular weight excluding hydrogens is 294 g/mol. The second kappa shape index (κ2) is 7.49. The number of pyridine rings is 1. The van der Waals surface area contributed by atoms with Crippen molar-refractivity contribution in [3.8, 4) is 0 Å². The van der Waals surface area contributed by atoms with Crippen molar-refractivity contribution >= 4 is 17.2 Å². The Bertz CT molecular complexity index is 605. The summed E-state index contributed by atoms with van der Waals surface area (Å²) in [6, 6.07) is 6.34. The van der Waals surface area contributed by atoms with Gasteiger partial charge in [-0.05, 0) is 31.4 Å². The van der Waals surface area contributed by atoms with E-state index < -0.39 is 0 Å². The van der Waals surface area contributed by atoms with Gasteiger partial charge in [0.05, 0.1) is 17.1 Å². The molecule has 1 aliphatic rings. The molecule has 5 heteroatoms. The number of hydrogen-bond donors (Lipinski definition) is 1. The van der Waals surface area contributed by atoms with E-state index in [1.165, 1.54) is 12.8 Å². The topological polar surface area (TPSA) is 54.9 Å². The van der Waals surface area contributed by atoms with Crippen LogP contribution in [0.15, 0.2) is 29.8 Å². The van der Waals surface area contributed by atoms with E-state index in [1.54, 1.807) is 11.3 Å². The number of aromatic nitrogens is 2. The Balaban J connectivity index is 1.47. The van der Waals surface area contributed by atoms with Gasteiger partial charge < -0.3 is 5.32 Å². The van der Waals surface area contributed by atoms with E-state index in [1.807, 2.05) is 29.8 Å². The van der Waals surface area contributed by atoms with E-state index in [2.05, 4.69) is 15.3 Å². The quantitative estimate of drug-likeness (QED) is 0.892. The second-order valence-corrected chi connectivity index (χ2v) is 6.72. The number of nitrogens with one attached hydrogen (secondary N) is 1. The number of hydrogen-bond acceptors (Lipinski definition) is 4. The molecule has 3 rings (SSSR count). The highest BCUT2D eigenvalue weighted by atomic mass is 32.1. The van der Waals surface area contributed by atoms with Gasteiger partial charge in [0.1, 0.15) is 0 Å². The molecule has 4 nitrogen and oxygen atoms in total. The monoisotopic (exact) mass is 315 g/mol. The minimum atomic E-state index is 0.105. The maximum absolute atomic E-state index is 12.0. The summed E-state index contributed by atoms with van der Waals surface area (Å²) in [7, 11) is 0. The maximum atomic E-state index is 12.0. The molecule has 0 spiro atoms. The Hall–Kier alpha value is -1.75. The third-order valence-corrected chi connectivity index (χ3v) is 4.94. The van der Waals surface area contributed by atoms with Crippen LogP contribution >= 0.6 is 11.3 Å². The van der Waals surface area contributed by atoms with Crippen LogP contribution < -0.4 is 5.32 Å². The van der Waals surface area contributed by atoms with Gasteiger partial charge in [0.2, 0.25) is 5.91 Å². The first kappa shape index (κ1) is 15.2. The summed E-state index contributed by atoms with van der Waals surface area (Å²) >= 11 is 1.63. The Morgan fingerprint density at radius 1 is 1.23 bits per heavy atom. The highest BCUT2D eigenvalue weighted by Gasteiger charge is 2.17. The van der Waals surface area contributed by atoms with E-state index in [0.29, 0.717) is 12.5 Å². The minimum absolute atomic E-state index is 0.105. The SMILES string of the molecule is O=C(Cc1csc(CCc2ccccn2)n1)NC1CCCC1. The fraction of sp³-hybridized carbons (Fsp3) is 0.471. The van der Waals surface area contributed by atoms with E-state index in [0.717, 1.165) is 42.1 Å². The molecule has 1 aliphatic carbocycles. The van der Waals surface area contributed by atoms with Crippen molar-refractivity contribution in [2.24, 2.45) is 0 Å². The smallest absolute Gasteiger partial charge is 0.226 e. The summed E-state index contributed by atoms with van der Waals surface area (Å²) in [5, 5.41) is 6.19. The van der Waals surface area contributed by atoms with Crippen LogP contribution in [0.4, 0.5) is 0 Å². The molecule has 0 aliphatic heterocycles. The third kappa shape index (κ3) is 4.37. The Morgan fingerprint density at radius 2 is 2.09 bits per heavy atom. The third-order valence-electron chi connectivity index (χ3n) is 3.98. The molecule has 1 N–H and O–H groups in total. The van der Waals surface area contributed by atoms with E-state index in [-0.39, 0.29) is 5.91 Å². The Morgan fingerprint density at radius 3 is 2.86 bits per heavy atom. The normalized spacial score (nSPS) is 15.1. The Labute approximate surface area is 135 Å². The lowest BCUT2D eigenvalue weighted by Crippen LogP contribution is -2.33. The van der Waals surface area contributed by atoms with E-state index in [9.17, 15) is 4.79 Å². The molecule has 1 amide bonds. The first-order valence-corrected chi connectivity index (χ1v) is 8.80. The second-order valence-electron chi connectivity index (χ2n) is 5.78.